The minimum absolute atomic E-state index is 0.122. The van der Waals surface area contributed by atoms with E-state index in [2.05, 4.69) is 4.90 Å². The largest absolute Gasteiger partial charge is 0.506 e. The van der Waals surface area contributed by atoms with E-state index in [9.17, 15) is 10.2 Å². The Morgan fingerprint density at radius 1 is 1.22 bits per heavy atom. The van der Waals surface area contributed by atoms with Gasteiger partial charge in [-0.05, 0) is 43.4 Å². The molecule has 0 saturated carbocycles. The summed E-state index contributed by atoms with van der Waals surface area (Å²) in [6.45, 7) is 0.868. The Kier molecular flexibility index (Phi) is 2.92. The Balaban J connectivity index is 1.75. The molecule has 0 radical (unpaired) electrons. The summed E-state index contributed by atoms with van der Waals surface area (Å²) in [5.41, 5.74) is 7.30. The molecule has 0 aliphatic carbocycles. The lowest BCUT2D eigenvalue weighted by atomic mass is 9.99. The highest BCUT2D eigenvalue weighted by Gasteiger charge is 2.39. The van der Waals surface area contributed by atoms with Crippen LogP contribution in [0.2, 0.25) is 0 Å². The van der Waals surface area contributed by atoms with Crippen LogP contribution in [0.1, 0.15) is 31.2 Å². The molecule has 3 rings (SSSR count). The van der Waals surface area contributed by atoms with Gasteiger partial charge in [-0.2, -0.15) is 0 Å². The van der Waals surface area contributed by atoms with Gasteiger partial charge in [0.2, 0.25) is 0 Å². The highest BCUT2D eigenvalue weighted by atomic mass is 16.3. The predicted molar refractivity (Wildman–Crippen MR) is 70.1 cm³/mol. The fraction of sp³-hybridized carbons (Fsp3) is 0.571. The van der Waals surface area contributed by atoms with Crippen molar-refractivity contribution in [3.8, 4) is 5.75 Å². The van der Waals surface area contributed by atoms with Crippen molar-refractivity contribution in [2.45, 2.75) is 50.4 Å². The normalized spacial score (nSPS) is 31.7. The maximum Gasteiger partial charge on any atom is 0.138 e. The molecule has 0 aromatic heterocycles. The second kappa shape index (κ2) is 4.44. The number of hydrogen-bond donors (Lipinski definition) is 3. The van der Waals surface area contributed by atoms with Gasteiger partial charge in [0, 0.05) is 18.6 Å². The average Bonchev–Trinajstić information content (AvgIpc) is 2.58. The summed E-state index contributed by atoms with van der Waals surface area (Å²) in [5, 5.41) is 19.2. The average molecular weight is 248 g/mol. The number of nitrogens with two attached hydrogens (primary N) is 1. The van der Waals surface area contributed by atoms with Gasteiger partial charge in [-0.1, -0.05) is 6.07 Å². The number of anilines is 1. The van der Waals surface area contributed by atoms with Crippen LogP contribution in [0.4, 0.5) is 5.69 Å². The van der Waals surface area contributed by atoms with Gasteiger partial charge in [-0.15, -0.1) is 0 Å². The van der Waals surface area contributed by atoms with E-state index in [-0.39, 0.29) is 11.9 Å². The summed E-state index contributed by atoms with van der Waals surface area (Å²) in [5.74, 6) is 0.149. The molecule has 0 spiro atoms. The van der Waals surface area contributed by atoms with Crippen molar-refractivity contribution in [3.63, 3.8) is 0 Å². The van der Waals surface area contributed by atoms with Gasteiger partial charge in [0.05, 0.1) is 11.8 Å². The van der Waals surface area contributed by atoms with Crippen LogP contribution in [-0.4, -0.2) is 33.3 Å². The molecule has 2 saturated heterocycles. The van der Waals surface area contributed by atoms with E-state index in [1.165, 1.54) is 12.8 Å². The monoisotopic (exact) mass is 248 g/mol. The third-order valence-corrected chi connectivity index (χ3v) is 4.32. The van der Waals surface area contributed by atoms with Crippen molar-refractivity contribution in [2.24, 2.45) is 0 Å². The van der Waals surface area contributed by atoms with Crippen molar-refractivity contribution in [1.29, 1.82) is 0 Å². The van der Waals surface area contributed by atoms with Crippen molar-refractivity contribution >= 4 is 5.69 Å². The van der Waals surface area contributed by atoms with E-state index in [1.807, 2.05) is 12.1 Å². The van der Waals surface area contributed by atoms with Gasteiger partial charge in [-0.3, -0.25) is 4.90 Å². The number of hydrogen-bond acceptors (Lipinski definition) is 4. The van der Waals surface area contributed by atoms with E-state index < -0.39 is 0 Å². The van der Waals surface area contributed by atoms with Gasteiger partial charge >= 0.3 is 0 Å². The molecule has 2 atom stereocenters. The Bertz CT molecular complexity index is 435. The topological polar surface area (TPSA) is 69.7 Å². The lowest BCUT2D eigenvalue weighted by Gasteiger charge is -2.37. The van der Waals surface area contributed by atoms with E-state index in [1.54, 1.807) is 6.07 Å². The van der Waals surface area contributed by atoms with Gasteiger partial charge < -0.3 is 15.9 Å². The molecule has 2 fully saturated rings. The smallest absolute Gasteiger partial charge is 0.138 e. The fourth-order valence-corrected chi connectivity index (χ4v) is 3.42. The zero-order valence-corrected chi connectivity index (χ0v) is 10.4. The number of benzene rings is 1. The molecule has 4 heteroatoms. The van der Waals surface area contributed by atoms with Crippen LogP contribution in [0.25, 0.3) is 0 Å². The molecule has 2 unspecified atom stereocenters. The van der Waals surface area contributed by atoms with Crippen LogP contribution in [0, 0.1) is 0 Å². The van der Waals surface area contributed by atoms with Crippen LogP contribution < -0.4 is 5.73 Å². The number of aromatic hydroxyl groups is 1. The quantitative estimate of drug-likeness (QED) is 0.547. The lowest BCUT2D eigenvalue weighted by Crippen LogP contribution is -2.44. The highest BCUT2D eigenvalue weighted by molar-refractivity contribution is 5.53. The number of fused-ring (bicyclic) bond motifs is 2. The van der Waals surface area contributed by atoms with Crippen molar-refractivity contribution < 1.29 is 10.2 Å². The Morgan fingerprint density at radius 2 is 1.89 bits per heavy atom. The highest BCUT2D eigenvalue weighted by Crippen LogP contribution is 2.37. The lowest BCUT2D eigenvalue weighted by molar-refractivity contribution is 0.0310. The fourth-order valence-electron chi connectivity index (χ4n) is 3.42. The Hall–Kier alpha value is -1.26. The van der Waals surface area contributed by atoms with E-state index in [0.29, 0.717) is 17.8 Å². The van der Waals surface area contributed by atoms with Crippen LogP contribution in [0.5, 0.6) is 5.75 Å². The number of piperidine rings is 1. The molecule has 1 aromatic rings. The zero-order chi connectivity index (χ0) is 12.7. The first kappa shape index (κ1) is 11.8. The van der Waals surface area contributed by atoms with Gasteiger partial charge in [-0.25, -0.2) is 0 Å². The molecule has 1 aromatic carbocycles. The summed E-state index contributed by atoms with van der Waals surface area (Å²) in [4.78, 5) is 2.48. The van der Waals surface area contributed by atoms with Crippen molar-refractivity contribution in [1.82, 2.24) is 4.90 Å². The second-order valence-corrected chi connectivity index (χ2v) is 5.58. The first-order valence-corrected chi connectivity index (χ1v) is 6.64. The van der Waals surface area contributed by atoms with Crippen LogP contribution in [0.3, 0.4) is 0 Å². The Morgan fingerprint density at radius 3 is 2.50 bits per heavy atom. The molecule has 2 aliphatic heterocycles. The number of nitrogens with zero attached hydrogens (tertiary/aromatic N) is 1. The molecule has 0 amide bonds. The first-order valence-electron chi connectivity index (χ1n) is 6.64. The number of aliphatic hydroxyl groups is 1. The molecule has 2 aliphatic rings. The molecule has 4 nitrogen and oxygen atoms in total. The summed E-state index contributed by atoms with van der Waals surface area (Å²) in [7, 11) is 0. The number of phenolic OH excluding ortho intramolecular Hbond substituents is 1. The van der Waals surface area contributed by atoms with E-state index in [0.717, 1.165) is 24.9 Å². The molecule has 2 heterocycles. The molecule has 4 N–H and O–H groups in total. The minimum atomic E-state index is -0.122. The standard InChI is InChI=1S/C14H20N2O2/c15-13-5-9(1-4-14(13)18)8-16-10-2-3-11(16)7-12(17)6-10/h1,4-5,10-12,17-18H,2-3,6-8,15H2. The maximum absolute atomic E-state index is 9.77. The number of phenols is 1. The second-order valence-electron chi connectivity index (χ2n) is 5.58. The van der Waals surface area contributed by atoms with Gasteiger partial charge in [0.25, 0.3) is 0 Å². The molecule has 18 heavy (non-hydrogen) atoms. The van der Waals surface area contributed by atoms with Crippen molar-refractivity contribution in [2.75, 3.05) is 5.73 Å². The third kappa shape index (κ3) is 2.06. The van der Waals surface area contributed by atoms with E-state index in [4.69, 9.17) is 5.73 Å². The first-order chi connectivity index (χ1) is 8.63. The molecule has 98 valence electrons. The molecular formula is C14H20N2O2. The van der Waals surface area contributed by atoms with Crippen LogP contribution >= 0.6 is 0 Å². The number of rotatable bonds is 2. The number of aliphatic hydroxyl groups excluding tert-OH is 1. The maximum atomic E-state index is 9.77. The zero-order valence-electron chi connectivity index (χ0n) is 10.4. The van der Waals surface area contributed by atoms with Gasteiger partial charge in [0.15, 0.2) is 0 Å². The molecular weight excluding hydrogens is 228 g/mol. The van der Waals surface area contributed by atoms with Crippen LogP contribution in [-0.2, 0) is 6.54 Å². The van der Waals surface area contributed by atoms with E-state index >= 15 is 0 Å². The van der Waals surface area contributed by atoms with Crippen LogP contribution in [0.15, 0.2) is 18.2 Å². The van der Waals surface area contributed by atoms with Gasteiger partial charge in [0.1, 0.15) is 5.75 Å². The number of nitrogen functional groups attached to an aromatic ring is 1. The summed E-state index contributed by atoms with van der Waals surface area (Å²) >= 11 is 0. The summed E-state index contributed by atoms with van der Waals surface area (Å²) < 4.78 is 0. The summed E-state index contributed by atoms with van der Waals surface area (Å²) in [6.07, 6.45) is 4.04. The Labute approximate surface area is 107 Å². The SMILES string of the molecule is Nc1cc(CN2C3CCC2CC(O)C3)ccc1O. The minimum Gasteiger partial charge on any atom is -0.506 e. The summed E-state index contributed by atoms with van der Waals surface area (Å²) in [6, 6.07) is 6.45. The third-order valence-electron chi connectivity index (χ3n) is 4.32. The van der Waals surface area contributed by atoms with Crippen molar-refractivity contribution in [3.05, 3.63) is 23.8 Å². The predicted octanol–water partition coefficient (Wildman–Crippen LogP) is 1.46. The molecule has 2 bridgehead atoms.